The van der Waals surface area contributed by atoms with E-state index < -0.39 is 5.97 Å². The predicted molar refractivity (Wildman–Crippen MR) is 53.9 cm³/mol. The number of hydrogen-bond acceptors (Lipinski definition) is 4. The van der Waals surface area contributed by atoms with E-state index in [4.69, 9.17) is 4.74 Å². The highest BCUT2D eigenvalue weighted by Gasteiger charge is 2.09. The van der Waals surface area contributed by atoms with E-state index in [1.165, 1.54) is 19.4 Å². The molecule has 0 spiro atoms. The summed E-state index contributed by atoms with van der Waals surface area (Å²) >= 11 is 0. The van der Waals surface area contributed by atoms with E-state index in [0.717, 1.165) is 5.82 Å². The van der Waals surface area contributed by atoms with Crippen LogP contribution in [0.5, 0.6) is 0 Å². The Bertz CT molecular complexity index is 357. The fraction of sp³-hybridized carbons (Fsp3) is 0.400. The van der Waals surface area contributed by atoms with Crippen LogP contribution in [0.25, 0.3) is 0 Å². The second-order valence-electron chi connectivity index (χ2n) is 3.00. The van der Waals surface area contributed by atoms with Crippen LogP contribution in [0.4, 0.5) is 0 Å². The van der Waals surface area contributed by atoms with E-state index >= 15 is 0 Å². The fourth-order valence-corrected chi connectivity index (χ4v) is 1.11. The van der Waals surface area contributed by atoms with E-state index in [1.54, 1.807) is 6.20 Å². The van der Waals surface area contributed by atoms with Gasteiger partial charge in [-0.25, -0.2) is 9.78 Å². The summed E-state index contributed by atoms with van der Waals surface area (Å²) in [5.74, 6) is 0.353. The molecule has 1 aromatic rings. The van der Waals surface area contributed by atoms with Gasteiger partial charge < -0.3 is 14.0 Å². The lowest BCUT2D eigenvalue weighted by atomic mass is 10.4. The second kappa shape index (κ2) is 5.19. The van der Waals surface area contributed by atoms with Crippen molar-refractivity contribution >= 4 is 5.97 Å². The molecule has 82 valence electrons. The number of rotatable bonds is 4. The van der Waals surface area contributed by atoms with Crippen molar-refractivity contribution in [3.05, 3.63) is 30.6 Å². The third-order valence-electron chi connectivity index (χ3n) is 1.91. The van der Waals surface area contributed by atoms with Crippen LogP contribution >= 0.6 is 0 Å². The zero-order chi connectivity index (χ0) is 11.3. The van der Waals surface area contributed by atoms with Crippen molar-refractivity contribution in [3.8, 4) is 0 Å². The van der Waals surface area contributed by atoms with Crippen molar-refractivity contribution in [2.45, 2.75) is 13.0 Å². The first kappa shape index (κ1) is 11.3. The molecule has 1 rings (SSSR count). The minimum atomic E-state index is -0.443. The summed E-state index contributed by atoms with van der Waals surface area (Å²) in [5.41, 5.74) is 0. The molecule has 0 aliphatic rings. The number of esters is 1. The van der Waals surface area contributed by atoms with E-state index in [-0.39, 0.29) is 6.10 Å². The zero-order valence-corrected chi connectivity index (χ0v) is 9.01. The number of imidazole rings is 1. The molecule has 1 aromatic heterocycles. The third-order valence-corrected chi connectivity index (χ3v) is 1.91. The first-order chi connectivity index (χ1) is 7.15. The molecule has 0 N–H and O–H groups in total. The summed E-state index contributed by atoms with van der Waals surface area (Å²) in [6.07, 6.45) is 5.86. The van der Waals surface area contributed by atoms with Crippen LogP contribution in [0.15, 0.2) is 24.7 Å². The maximum atomic E-state index is 10.7. The molecule has 5 heteroatoms. The average Bonchev–Trinajstić information content (AvgIpc) is 2.64. The topological polar surface area (TPSA) is 53.4 Å². The van der Waals surface area contributed by atoms with Crippen LogP contribution in [-0.4, -0.2) is 22.6 Å². The predicted octanol–water partition coefficient (Wildman–Crippen LogP) is 1.18. The maximum Gasteiger partial charge on any atom is 0.333 e. The third kappa shape index (κ3) is 3.12. The molecule has 5 nitrogen and oxygen atoms in total. The van der Waals surface area contributed by atoms with E-state index in [9.17, 15) is 4.79 Å². The van der Waals surface area contributed by atoms with Gasteiger partial charge in [0.15, 0.2) is 6.10 Å². The fourth-order valence-electron chi connectivity index (χ4n) is 1.11. The van der Waals surface area contributed by atoms with E-state index in [0.29, 0.717) is 0 Å². The molecule has 1 unspecified atom stereocenters. The molecule has 15 heavy (non-hydrogen) atoms. The van der Waals surface area contributed by atoms with Gasteiger partial charge in [0.2, 0.25) is 0 Å². The summed E-state index contributed by atoms with van der Waals surface area (Å²) < 4.78 is 11.6. The Labute approximate surface area is 88.3 Å². The minimum absolute atomic E-state index is 0.203. The van der Waals surface area contributed by atoms with Gasteiger partial charge >= 0.3 is 5.97 Å². The van der Waals surface area contributed by atoms with Gasteiger partial charge in [-0.1, -0.05) is 0 Å². The number of carbonyl (C=O) groups is 1. The van der Waals surface area contributed by atoms with Gasteiger partial charge in [0.1, 0.15) is 5.82 Å². The van der Waals surface area contributed by atoms with Crippen LogP contribution < -0.4 is 0 Å². The molecule has 0 saturated heterocycles. The van der Waals surface area contributed by atoms with Crippen LogP contribution in [0.2, 0.25) is 0 Å². The highest BCUT2D eigenvalue weighted by atomic mass is 16.5. The summed E-state index contributed by atoms with van der Waals surface area (Å²) in [7, 11) is 3.20. The van der Waals surface area contributed by atoms with Gasteiger partial charge in [0.25, 0.3) is 0 Å². The molecule has 0 aliphatic heterocycles. The Kier molecular flexibility index (Phi) is 3.91. The molecular formula is C10H14N2O3. The number of hydrogen-bond donors (Lipinski definition) is 0. The first-order valence-electron chi connectivity index (χ1n) is 4.52. The first-order valence-corrected chi connectivity index (χ1v) is 4.52. The molecule has 1 atom stereocenters. The molecule has 0 saturated carbocycles. The molecule has 0 aromatic carbocycles. The monoisotopic (exact) mass is 210 g/mol. The molecular weight excluding hydrogens is 196 g/mol. The van der Waals surface area contributed by atoms with Gasteiger partial charge in [-0.2, -0.15) is 0 Å². The van der Waals surface area contributed by atoms with Crippen LogP contribution in [-0.2, 0) is 21.3 Å². The van der Waals surface area contributed by atoms with Gasteiger partial charge in [0.05, 0.1) is 19.4 Å². The Morgan fingerprint density at radius 1 is 1.67 bits per heavy atom. The molecule has 0 aliphatic carbocycles. The number of aromatic nitrogens is 2. The standard InChI is InChI=1S/C10H14N2O3/c1-8(10-11-5-6-12(10)2)15-7-4-9(13)14-3/h4-8H,1-3H3/b7-4-. The second-order valence-corrected chi connectivity index (χ2v) is 3.00. The Hall–Kier alpha value is -1.78. The molecule has 0 bridgehead atoms. The quantitative estimate of drug-likeness (QED) is 0.425. The number of aryl methyl sites for hydroxylation is 1. The van der Waals surface area contributed by atoms with Crippen molar-refractivity contribution < 1.29 is 14.3 Å². The van der Waals surface area contributed by atoms with Gasteiger partial charge in [0, 0.05) is 19.4 Å². The van der Waals surface area contributed by atoms with Crippen molar-refractivity contribution in [2.75, 3.05) is 7.11 Å². The highest BCUT2D eigenvalue weighted by Crippen LogP contribution is 2.13. The van der Waals surface area contributed by atoms with Gasteiger partial charge in [-0.15, -0.1) is 0 Å². The van der Waals surface area contributed by atoms with Crippen molar-refractivity contribution in [1.82, 2.24) is 9.55 Å². The number of ether oxygens (including phenoxy) is 2. The Morgan fingerprint density at radius 2 is 2.40 bits per heavy atom. The maximum absolute atomic E-state index is 10.7. The molecule has 0 fully saturated rings. The van der Waals surface area contributed by atoms with E-state index in [2.05, 4.69) is 9.72 Å². The minimum Gasteiger partial charge on any atom is -0.490 e. The van der Waals surface area contributed by atoms with Crippen molar-refractivity contribution in [3.63, 3.8) is 0 Å². The van der Waals surface area contributed by atoms with Crippen LogP contribution in [0.3, 0.4) is 0 Å². The molecule has 0 radical (unpaired) electrons. The average molecular weight is 210 g/mol. The van der Waals surface area contributed by atoms with Crippen LogP contribution in [0, 0.1) is 0 Å². The zero-order valence-electron chi connectivity index (χ0n) is 9.01. The Balaban J connectivity index is 2.50. The highest BCUT2D eigenvalue weighted by molar-refractivity contribution is 5.81. The van der Waals surface area contributed by atoms with Crippen LogP contribution in [0.1, 0.15) is 18.9 Å². The largest absolute Gasteiger partial charge is 0.490 e. The summed E-state index contributed by atoms with van der Waals surface area (Å²) in [6.45, 7) is 1.85. The lowest BCUT2D eigenvalue weighted by Gasteiger charge is -2.10. The number of methoxy groups -OCH3 is 1. The van der Waals surface area contributed by atoms with Gasteiger partial charge in [-0.3, -0.25) is 0 Å². The Morgan fingerprint density at radius 3 is 2.93 bits per heavy atom. The number of nitrogens with zero attached hydrogens (tertiary/aromatic N) is 2. The lowest BCUT2D eigenvalue weighted by Crippen LogP contribution is -2.04. The summed E-state index contributed by atoms with van der Waals surface area (Å²) in [4.78, 5) is 14.9. The summed E-state index contributed by atoms with van der Waals surface area (Å²) in [5, 5.41) is 0. The normalized spacial score (nSPS) is 12.7. The van der Waals surface area contributed by atoms with Crippen molar-refractivity contribution in [1.29, 1.82) is 0 Å². The summed E-state index contributed by atoms with van der Waals surface area (Å²) in [6, 6.07) is 0. The lowest BCUT2D eigenvalue weighted by molar-refractivity contribution is -0.135. The number of carbonyl (C=O) groups excluding carboxylic acids is 1. The smallest absolute Gasteiger partial charge is 0.333 e. The SMILES string of the molecule is COC(=O)/C=C\OC(C)c1nccn1C. The molecule has 0 amide bonds. The molecule has 1 heterocycles. The van der Waals surface area contributed by atoms with E-state index in [1.807, 2.05) is 24.7 Å². The van der Waals surface area contributed by atoms with Gasteiger partial charge in [-0.05, 0) is 6.92 Å². The van der Waals surface area contributed by atoms with Crippen molar-refractivity contribution in [2.24, 2.45) is 7.05 Å².